The Morgan fingerprint density at radius 2 is 1.32 bits per heavy atom. The zero-order valence-electron chi connectivity index (χ0n) is 12.7. The van der Waals surface area contributed by atoms with Crippen LogP contribution in [-0.4, -0.2) is 17.4 Å². The molecule has 1 amide bonds. The fourth-order valence-corrected chi connectivity index (χ4v) is 2.37. The fourth-order valence-electron chi connectivity index (χ4n) is 2.37. The van der Waals surface area contributed by atoms with Gasteiger partial charge in [-0.2, -0.15) is 0 Å². The summed E-state index contributed by atoms with van der Waals surface area (Å²) in [6.07, 6.45) is 1.25. The van der Waals surface area contributed by atoms with E-state index in [1.54, 1.807) is 0 Å². The Labute approximate surface area is 138 Å². The highest BCUT2D eigenvalue weighted by Crippen LogP contribution is 2.11. The topological polar surface area (TPSA) is 46.3 Å². The van der Waals surface area contributed by atoms with E-state index in [-0.39, 0.29) is 18.3 Å². The molecule has 0 fully saturated rings. The molecule has 118 valence electrons. The third-order valence-electron chi connectivity index (χ3n) is 3.40. The molecule has 0 bridgehead atoms. The van der Waals surface area contributed by atoms with Crippen LogP contribution in [0.25, 0.3) is 0 Å². The van der Waals surface area contributed by atoms with Crippen LogP contribution in [0.1, 0.15) is 24.0 Å². The summed E-state index contributed by atoms with van der Waals surface area (Å²) in [7, 11) is 0. The van der Waals surface area contributed by atoms with Gasteiger partial charge < -0.3 is 5.73 Å². The number of nitrogens with two attached hydrogens (primary N) is 1. The SMILES string of the molecule is Cl.NC(=O)CCCN(Cc1ccccc1)Cc1ccccc1. The van der Waals surface area contributed by atoms with Gasteiger partial charge in [0.15, 0.2) is 0 Å². The van der Waals surface area contributed by atoms with E-state index in [0.717, 1.165) is 26.1 Å². The second-order valence-electron chi connectivity index (χ2n) is 5.25. The lowest BCUT2D eigenvalue weighted by Crippen LogP contribution is -2.25. The molecule has 3 nitrogen and oxygen atoms in total. The van der Waals surface area contributed by atoms with Crippen molar-refractivity contribution in [1.29, 1.82) is 0 Å². The molecule has 2 rings (SSSR count). The maximum Gasteiger partial charge on any atom is 0.217 e. The van der Waals surface area contributed by atoms with E-state index in [1.807, 2.05) is 12.1 Å². The number of nitrogens with zero attached hydrogens (tertiary/aromatic N) is 1. The Balaban J connectivity index is 0.00000242. The van der Waals surface area contributed by atoms with E-state index in [2.05, 4.69) is 53.4 Å². The van der Waals surface area contributed by atoms with Crippen molar-refractivity contribution in [3.8, 4) is 0 Å². The molecule has 0 aliphatic rings. The number of benzene rings is 2. The van der Waals surface area contributed by atoms with Crippen molar-refractivity contribution in [2.24, 2.45) is 5.73 Å². The summed E-state index contributed by atoms with van der Waals surface area (Å²) in [4.78, 5) is 13.3. The first kappa shape index (κ1) is 18.2. The molecule has 2 aromatic rings. The molecule has 0 radical (unpaired) electrons. The Kier molecular flexibility index (Phi) is 8.26. The summed E-state index contributed by atoms with van der Waals surface area (Å²) in [6.45, 7) is 2.63. The Morgan fingerprint density at radius 1 is 0.864 bits per heavy atom. The molecule has 0 atom stereocenters. The van der Waals surface area contributed by atoms with Crippen LogP contribution in [0.4, 0.5) is 0 Å². The van der Waals surface area contributed by atoms with Crippen LogP contribution >= 0.6 is 12.4 Å². The van der Waals surface area contributed by atoms with Gasteiger partial charge in [-0.3, -0.25) is 9.69 Å². The Morgan fingerprint density at radius 3 is 1.73 bits per heavy atom. The minimum absolute atomic E-state index is 0. The minimum atomic E-state index is -0.227. The van der Waals surface area contributed by atoms with Crippen molar-refractivity contribution in [2.45, 2.75) is 25.9 Å². The molecule has 0 spiro atoms. The third kappa shape index (κ3) is 6.74. The number of carbonyl (C=O) groups is 1. The first-order valence-corrected chi connectivity index (χ1v) is 7.32. The molecule has 2 N–H and O–H groups in total. The maximum absolute atomic E-state index is 10.9. The van der Waals surface area contributed by atoms with Gasteiger partial charge in [-0.15, -0.1) is 12.4 Å². The number of hydrogen-bond acceptors (Lipinski definition) is 2. The quantitative estimate of drug-likeness (QED) is 0.811. The van der Waals surface area contributed by atoms with Crippen molar-refractivity contribution >= 4 is 18.3 Å². The number of rotatable bonds is 8. The van der Waals surface area contributed by atoms with Crippen molar-refractivity contribution in [1.82, 2.24) is 4.90 Å². The largest absolute Gasteiger partial charge is 0.370 e. The highest BCUT2D eigenvalue weighted by molar-refractivity contribution is 5.85. The van der Waals surface area contributed by atoms with Crippen molar-refractivity contribution in [2.75, 3.05) is 6.54 Å². The van der Waals surface area contributed by atoms with E-state index in [0.29, 0.717) is 6.42 Å². The monoisotopic (exact) mass is 318 g/mol. The summed E-state index contributed by atoms with van der Waals surface area (Å²) in [5.41, 5.74) is 7.80. The van der Waals surface area contributed by atoms with Crippen LogP contribution in [0.3, 0.4) is 0 Å². The molecule has 0 aliphatic carbocycles. The maximum atomic E-state index is 10.9. The predicted molar refractivity (Wildman–Crippen MR) is 92.7 cm³/mol. The van der Waals surface area contributed by atoms with Crippen LogP contribution < -0.4 is 5.73 Å². The van der Waals surface area contributed by atoms with Crippen LogP contribution in [0.2, 0.25) is 0 Å². The molecule has 0 aromatic heterocycles. The van der Waals surface area contributed by atoms with Gasteiger partial charge >= 0.3 is 0 Å². The normalized spacial score (nSPS) is 10.2. The van der Waals surface area contributed by atoms with E-state index < -0.39 is 0 Å². The molecule has 0 heterocycles. The van der Waals surface area contributed by atoms with Gasteiger partial charge in [0.05, 0.1) is 0 Å². The molecular weight excluding hydrogens is 296 g/mol. The average Bonchev–Trinajstić information content (AvgIpc) is 2.49. The molecule has 2 aromatic carbocycles. The van der Waals surface area contributed by atoms with Gasteiger partial charge in [0, 0.05) is 19.5 Å². The summed E-state index contributed by atoms with van der Waals surface area (Å²) in [6, 6.07) is 20.8. The van der Waals surface area contributed by atoms with Crippen LogP contribution in [0, 0.1) is 0 Å². The summed E-state index contributed by atoms with van der Waals surface area (Å²) in [5, 5.41) is 0. The molecule has 22 heavy (non-hydrogen) atoms. The van der Waals surface area contributed by atoms with Crippen molar-refractivity contribution in [3.63, 3.8) is 0 Å². The highest BCUT2D eigenvalue weighted by atomic mass is 35.5. The van der Waals surface area contributed by atoms with Gasteiger partial charge in [-0.1, -0.05) is 60.7 Å². The van der Waals surface area contributed by atoms with E-state index in [9.17, 15) is 4.79 Å². The second kappa shape index (κ2) is 9.98. The summed E-state index contributed by atoms with van der Waals surface area (Å²) in [5.74, 6) is -0.227. The van der Waals surface area contributed by atoms with Crippen LogP contribution in [-0.2, 0) is 17.9 Å². The third-order valence-corrected chi connectivity index (χ3v) is 3.40. The van der Waals surface area contributed by atoms with Crippen LogP contribution in [0.5, 0.6) is 0 Å². The Bertz CT molecular complexity index is 504. The van der Waals surface area contributed by atoms with Gasteiger partial charge in [-0.25, -0.2) is 0 Å². The molecule has 0 saturated carbocycles. The van der Waals surface area contributed by atoms with E-state index in [1.165, 1.54) is 11.1 Å². The summed E-state index contributed by atoms with van der Waals surface area (Å²) < 4.78 is 0. The summed E-state index contributed by atoms with van der Waals surface area (Å²) >= 11 is 0. The molecule has 4 heteroatoms. The number of primary amides is 1. The highest BCUT2D eigenvalue weighted by Gasteiger charge is 2.07. The zero-order chi connectivity index (χ0) is 14.9. The number of hydrogen-bond donors (Lipinski definition) is 1. The molecule has 0 unspecified atom stereocenters. The minimum Gasteiger partial charge on any atom is -0.370 e. The lowest BCUT2D eigenvalue weighted by atomic mass is 10.1. The van der Waals surface area contributed by atoms with Crippen molar-refractivity contribution < 1.29 is 4.79 Å². The van der Waals surface area contributed by atoms with E-state index in [4.69, 9.17) is 5.73 Å². The van der Waals surface area contributed by atoms with E-state index >= 15 is 0 Å². The number of halogens is 1. The first-order valence-electron chi connectivity index (χ1n) is 7.32. The standard InChI is InChI=1S/C18H22N2O.ClH/c19-18(21)12-7-13-20(14-16-8-3-1-4-9-16)15-17-10-5-2-6-11-17;/h1-6,8-11H,7,12-15H2,(H2,19,21);1H. The lowest BCUT2D eigenvalue weighted by molar-refractivity contribution is -0.118. The molecule has 0 saturated heterocycles. The smallest absolute Gasteiger partial charge is 0.217 e. The predicted octanol–water partition coefficient (Wildman–Crippen LogP) is 3.38. The Hall–Kier alpha value is -1.84. The number of carbonyl (C=O) groups excluding carboxylic acids is 1. The second-order valence-corrected chi connectivity index (χ2v) is 5.25. The van der Waals surface area contributed by atoms with Gasteiger partial charge in [0.2, 0.25) is 5.91 Å². The first-order chi connectivity index (χ1) is 10.2. The van der Waals surface area contributed by atoms with Gasteiger partial charge in [0.1, 0.15) is 0 Å². The van der Waals surface area contributed by atoms with Crippen molar-refractivity contribution in [3.05, 3.63) is 71.8 Å². The fraction of sp³-hybridized carbons (Fsp3) is 0.278. The van der Waals surface area contributed by atoms with Gasteiger partial charge in [-0.05, 0) is 24.1 Å². The molecule has 0 aliphatic heterocycles. The zero-order valence-corrected chi connectivity index (χ0v) is 13.5. The molecular formula is C18H23ClN2O. The number of amides is 1. The average molecular weight is 319 g/mol. The van der Waals surface area contributed by atoms with Crippen LogP contribution in [0.15, 0.2) is 60.7 Å². The van der Waals surface area contributed by atoms with Gasteiger partial charge in [0.25, 0.3) is 0 Å². The lowest BCUT2D eigenvalue weighted by Gasteiger charge is -2.22.